The maximum absolute atomic E-state index is 12.3. The average Bonchev–Trinajstić information content (AvgIpc) is 2.36. The molecule has 0 atom stereocenters. The number of rotatable bonds is 4. The van der Waals surface area contributed by atoms with E-state index in [2.05, 4.69) is 5.16 Å². The molecule has 0 radical (unpaired) electrons. The van der Waals surface area contributed by atoms with E-state index in [0.717, 1.165) is 5.56 Å². The molecule has 0 fully saturated rings. The second-order valence-corrected chi connectivity index (χ2v) is 8.36. The third kappa shape index (κ3) is 3.49. The predicted molar refractivity (Wildman–Crippen MR) is 79.1 cm³/mol. The quantitative estimate of drug-likeness (QED) is 0.379. The molecule has 0 saturated heterocycles. The molecule has 1 rings (SSSR count). The van der Waals surface area contributed by atoms with Crippen molar-refractivity contribution in [2.24, 2.45) is 10.9 Å². The number of hydrogen-bond donors (Lipinski definition) is 2. The minimum atomic E-state index is -3.39. The second-order valence-electron chi connectivity index (χ2n) is 5.56. The van der Waals surface area contributed by atoms with Crippen LogP contribution in [0.15, 0.2) is 29.4 Å². The molecule has 0 saturated carbocycles. The van der Waals surface area contributed by atoms with Gasteiger partial charge < -0.3 is 10.9 Å². The van der Waals surface area contributed by atoms with Gasteiger partial charge in [-0.3, -0.25) is 0 Å². The van der Waals surface area contributed by atoms with Crippen LogP contribution in [0.3, 0.4) is 0 Å². The maximum Gasteiger partial charge on any atom is 0.219 e. The molecule has 0 aliphatic carbocycles. The molecule has 20 heavy (non-hydrogen) atoms. The van der Waals surface area contributed by atoms with Crippen LogP contribution in [0.25, 0.3) is 0 Å². The van der Waals surface area contributed by atoms with Gasteiger partial charge in [0.05, 0.1) is 4.75 Å². The summed E-state index contributed by atoms with van der Waals surface area (Å²) >= 11 is 0. The van der Waals surface area contributed by atoms with Crippen molar-refractivity contribution in [3.63, 3.8) is 0 Å². The average molecular weight is 299 g/mol. The largest absolute Gasteiger partial charge is 0.409 e. The molecule has 0 aliphatic heterocycles. The fourth-order valence-electron chi connectivity index (χ4n) is 1.70. The molecular weight excluding hydrogens is 278 g/mol. The van der Waals surface area contributed by atoms with Gasteiger partial charge in [-0.15, -0.1) is 0 Å². The van der Waals surface area contributed by atoms with Crippen molar-refractivity contribution in [2.75, 3.05) is 7.05 Å². The highest BCUT2D eigenvalue weighted by Gasteiger charge is 2.32. The Labute approximate surface area is 119 Å². The summed E-state index contributed by atoms with van der Waals surface area (Å²) in [6, 6.07) is 6.92. The summed E-state index contributed by atoms with van der Waals surface area (Å²) in [5, 5.41) is 11.6. The summed E-state index contributed by atoms with van der Waals surface area (Å²) in [5.74, 6) is -0.00631. The Morgan fingerprint density at radius 3 is 2.50 bits per heavy atom. The molecule has 0 amide bonds. The molecule has 0 bridgehead atoms. The summed E-state index contributed by atoms with van der Waals surface area (Å²) in [7, 11) is -1.85. The normalized spacial score (nSPS) is 13.8. The lowest BCUT2D eigenvalue weighted by Crippen LogP contribution is -2.40. The minimum absolute atomic E-state index is 0.00631. The zero-order valence-corrected chi connectivity index (χ0v) is 13.0. The van der Waals surface area contributed by atoms with Gasteiger partial charge in [0, 0.05) is 19.2 Å². The number of hydrogen-bond acceptors (Lipinski definition) is 4. The zero-order valence-electron chi connectivity index (χ0n) is 12.2. The molecule has 7 heteroatoms. The van der Waals surface area contributed by atoms with Crippen LogP contribution in [-0.2, 0) is 16.6 Å². The molecule has 3 N–H and O–H groups in total. The van der Waals surface area contributed by atoms with Crippen molar-refractivity contribution in [3.8, 4) is 0 Å². The van der Waals surface area contributed by atoms with Crippen LogP contribution in [0.5, 0.6) is 0 Å². The van der Waals surface area contributed by atoms with E-state index in [-0.39, 0.29) is 12.4 Å². The predicted octanol–water partition coefficient (Wildman–Crippen LogP) is 1.34. The first-order chi connectivity index (χ1) is 9.09. The molecule has 0 aliphatic rings. The van der Waals surface area contributed by atoms with Crippen molar-refractivity contribution >= 4 is 15.9 Å². The van der Waals surface area contributed by atoms with Gasteiger partial charge >= 0.3 is 0 Å². The summed E-state index contributed by atoms with van der Waals surface area (Å²) in [6.07, 6.45) is 0. The molecule has 0 spiro atoms. The lowest BCUT2D eigenvalue weighted by atomic mass is 10.1. The highest BCUT2D eigenvalue weighted by molar-refractivity contribution is 7.90. The maximum atomic E-state index is 12.3. The van der Waals surface area contributed by atoms with Crippen molar-refractivity contribution in [1.29, 1.82) is 0 Å². The highest BCUT2D eigenvalue weighted by Crippen LogP contribution is 2.21. The minimum Gasteiger partial charge on any atom is -0.409 e. The van der Waals surface area contributed by atoms with Crippen LogP contribution in [0.4, 0.5) is 0 Å². The highest BCUT2D eigenvalue weighted by atomic mass is 32.2. The SMILES string of the molecule is CN(Cc1cccc(C(N)=NO)c1)S(=O)(=O)C(C)(C)C. The standard InChI is InChI=1S/C13H21N3O3S/c1-13(2,3)20(18,19)16(4)9-10-6-5-7-11(8-10)12(14)15-17/h5-8,17H,9H2,1-4H3,(H2,14,15). The Kier molecular flexibility index (Phi) is 4.77. The first-order valence-electron chi connectivity index (χ1n) is 6.12. The lowest BCUT2D eigenvalue weighted by molar-refractivity contribution is 0.318. The molecule has 0 heterocycles. The zero-order chi connectivity index (χ0) is 15.6. The number of nitrogens with zero attached hydrogens (tertiary/aromatic N) is 2. The fourth-order valence-corrected chi connectivity index (χ4v) is 2.95. The van der Waals surface area contributed by atoms with Gasteiger partial charge in [-0.2, -0.15) is 0 Å². The Balaban J connectivity index is 3.01. The topological polar surface area (TPSA) is 96.0 Å². The van der Waals surface area contributed by atoms with Crippen LogP contribution < -0.4 is 5.73 Å². The van der Waals surface area contributed by atoms with E-state index in [1.54, 1.807) is 45.0 Å². The van der Waals surface area contributed by atoms with Crippen molar-refractivity contribution < 1.29 is 13.6 Å². The monoisotopic (exact) mass is 299 g/mol. The van der Waals surface area contributed by atoms with E-state index in [9.17, 15) is 8.42 Å². The number of nitrogens with two attached hydrogens (primary N) is 1. The molecule has 6 nitrogen and oxygen atoms in total. The number of amidine groups is 1. The van der Waals surface area contributed by atoms with Crippen LogP contribution in [0, 0.1) is 0 Å². The molecule has 1 aromatic carbocycles. The summed E-state index contributed by atoms with van der Waals surface area (Å²) in [4.78, 5) is 0. The van der Waals surface area contributed by atoms with Gasteiger partial charge in [0.1, 0.15) is 0 Å². The van der Waals surface area contributed by atoms with E-state index >= 15 is 0 Å². The molecule has 0 unspecified atom stereocenters. The van der Waals surface area contributed by atoms with Crippen molar-refractivity contribution in [3.05, 3.63) is 35.4 Å². The van der Waals surface area contributed by atoms with E-state index in [0.29, 0.717) is 5.56 Å². The Morgan fingerprint density at radius 1 is 1.40 bits per heavy atom. The summed E-state index contributed by atoms with van der Waals surface area (Å²) in [6.45, 7) is 5.20. The molecule has 112 valence electrons. The van der Waals surface area contributed by atoms with Crippen LogP contribution in [0.2, 0.25) is 0 Å². The van der Waals surface area contributed by atoms with Crippen molar-refractivity contribution in [2.45, 2.75) is 32.1 Å². The molecular formula is C13H21N3O3S. The van der Waals surface area contributed by atoms with Crippen molar-refractivity contribution in [1.82, 2.24) is 4.31 Å². The van der Waals surface area contributed by atoms with Gasteiger partial charge in [-0.1, -0.05) is 23.4 Å². The van der Waals surface area contributed by atoms with E-state index < -0.39 is 14.8 Å². The Morgan fingerprint density at radius 2 is 2.00 bits per heavy atom. The van der Waals surface area contributed by atoms with Gasteiger partial charge in [-0.25, -0.2) is 12.7 Å². The fraction of sp³-hybridized carbons (Fsp3) is 0.462. The van der Waals surface area contributed by atoms with E-state index in [1.807, 2.05) is 0 Å². The third-order valence-corrected chi connectivity index (χ3v) is 5.42. The summed E-state index contributed by atoms with van der Waals surface area (Å²) < 4.78 is 25.0. The van der Waals surface area contributed by atoms with Crippen LogP contribution in [0.1, 0.15) is 31.9 Å². The van der Waals surface area contributed by atoms with Crippen LogP contribution >= 0.6 is 0 Å². The third-order valence-electron chi connectivity index (χ3n) is 2.92. The summed E-state index contributed by atoms with van der Waals surface area (Å²) in [5.41, 5.74) is 6.83. The molecule has 1 aromatic rings. The Bertz CT molecular complexity index is 604. The van der Waals surface area contributed by atoms with Gasteiger partial charge in [0.15, 0.2) is 5.84 Å². The molecule has 0 aromatic heterocycles. The first-order valence-corrected chi connectivity index (χ1v) is 7.56. The number of benzene rings is 1. The number of oxime groups is 1. The van der Waals surface area contributed by atoms with Gasteiger partial charge in [0.25, 0.3) is 0 Å². The second kappa shape index (κ2) is 5.80. The van der Waals surface area contributed by atoms with E-state index in [4.69, 9.17) is 10.9 Å². The van der Waals surface area contributed by atoms with Crippen LogP contribution in [-0.4, -0.2) is 35.6 Å². The number of sulfonamides is 1. The smallest absolute Gasteiger partial charge is 0.219 e. The van der Waals surface area contributed by atoms with Gasteiger partial charge in [0.2, 0.25) is 10.0 Å². The van der Waals surface area contributed by atoms with E-state index in [1.165, 1.54) is 11.4 Å². The lowest BCUT2D eigenvalue weighted by Gasteiger charge is -2.27. The van der Waals surface area contributed by atoms with Gasteiger partial charge in [-0.05, 0) is 32.4 Å². The Hall–Kier alpha value is -1.60. The first kappa shape index (κ1) is 16.5.